The number of hydrogen-bond acceptors (Lipinski definition) is 7. The summed E-state index contributed by atoms with van der Waals surface area (Å²) in [6, 6.07) is 13.8. The maximum Gasteiger partial charge on any atom is 0.247 e. The minimum absolute atomic E-state index is 0.465. The molecule has 2 heterocycles. The summed E-state index contributed by atoms with van der Waals surface area (Å²) in [6.45, 7) is 4.69. The van der Waals surface area contributed by atoms with E-state index in [1.54, 1.807) is 11.8 Å². The van der Waals surface area contributed by atoms with Crippen LogP contribution in [0.3, 0.4) is 0 Å². The first kappa shape index (κ1) is 20.0. The zero-order chi connectivity index (χ0) is 20.2. The molecule has 29 heavy (non-hydrogen) atoms. The molecule has 150 valence electrons. The molecule has 0 bridgehead atoms. The van der Waals surface area contributed by atoms with Crippen molar-refractivity contribution in [1.82, 2.24) is 15.2 Å². The van der Waals surface area contributed by atoms with Crippen LogP contribution < -0.4 is 14.8 Å². The molecule has 0 spiro atoms. The van der Waals surface area contributed by atoms with Crippen LogP contribution in [0.1, 0.15) is 32.1 Å². The minimum atomic E-state index is -0.465. The van der Waals surface area contributed by atoms with Crippen molar-refractivity contribution in [3.8, 4) is 22.9 Å². The summed E-state index contributed by atoms with van der Waals surface area (Å²) >= 11 is 5.22. The van der Waals surface area contributed by atoms with E-state index >= 15 is 0 Å². The van der Waals surface area contributed by atoms with Gasteiger partial charge in [-0.25, -0.2) is 0 Å². The first-order valence-corrected chi connectivity index (χ1v) is 11.3. The van der Waals surface area contributed by atoms with Crippen molar-refractivity contribution < 1.29 is 9.47 Å². The Balaban J connectivity index is 1.79. The number of para-hydroxylation sites is 1. The number of thioether (sulfide) groups is 1. The third-order valence-electron chi connectivity index (χ3n) is 4.33. The fourth-order valence-corrected chi connectivity index (χ4v) is 4.11. The van der Waals surface area contributed by atoms with Crippen molar-refractivity contribution in [1.29, 1.82) is 0 Å². The van der Waals surface area contributed by atoms with Gasteiger partial charge in [-0.3, -0.25) is 0 Å². The lowest BCUT2D eigenvalue weighted by Gasteiger charge is -2.21. The third kappa shape index (κ3) is 4.33. The Kier molecular flexibility index (Phi) is 6.20. The summed E-state index contributed by atoms with van der Waals surface area (Å²) in [6.07, 6.45) is 0.573. The van der Waals surface area contributed by atoms with Gasteiger partial charge in [0.05, 0.1) is 6.61 Å². The molecule has 0 aliphatic carbocycles. The van der Waals surface area contributed by atoms with Crippen molar-refractivity contribution in [3.63, 3.8) is 0 Å². The summed E-state index contributed by atoms with van der Waals surface area (Å²) in [5.74, 6) is 2.18. The molecule has 0 radical (unpaired) electrons. The van der Waals surface area contributed by atoms with Crippen LogP contribution in [-0.4, -0.2) is 27.5 Å². The van der Waals surface area contributed by atoms with E-state index in [0.29, 0.717) is 23.3 Å². The highest BCUT2D eigenvalue weighted by Gasteiger charge is 2.27. The third-order valence-corrected chi connectivity index (χ3v) is 6.10. The Morgan fingerprint density at radius 1 is 1.17 bits per heavy atom. The normalized spacial score (nSPS) is 14.8. The number of ether oxygens (including phenoxy) is 2. The molecule has 1 aliphatic rings. The number of aromatic nitrogens is 3. The van der Waals surface area contributed by atoms with Crippen molar-refractivity contribution in [2.75, 3.05) is 17.7 Å². The minimum Gasteiger partial charge on any atom is -0.494 e. The Bertz CT molecular complexity index is 1020. The van der Waals surface area contributed by atoms with E-state index in [1.807, 2.05) is 49.4 Å². The van der Waals surface area contributed by atoms with E-state index < -0.39 is 6.23 Å². The van der Waals surface area contributed by atoms with Crippen LogP contribution in [-0.2, 0) is 0 Å². The van der Waals surface area contributed by atoms with Crippen LogP contribution in [0.5, 0.6) is 11.6 Å². The fraction of sp³-hybridized carbons (Fsp3) is 0.286. The van der Waals surface area contributed by atoms with Gasteiger partial charge in [0.15, 0.2) is 11.9 Å². The highest BCUT2D eigenvalue weighted by molar-refractivity contribution is 9.10. The van der Waals surface area contributed by atoms with Crippen molar-refractivity contribution in [3.05, 3.63) is 52.5 Å². The number of hydrogen-bond donors (Lipinski definition) is 1. The standard InChI is InChI=1S/C21H21BrN4O2S/c1-3-11-29-21-24-20-18(25-26-21)14-7-5-6-8-17(14)23-19(28-20)15-12-13(27-4-2)9-10-16(15)22/h5-10,12,19,23H,3-4,11H2,1-2H3/t19-/m0/s1. The Labute approximate surface area is 182 Å². The van der Waals surface area contributed by atoms with Gasteiger partial charge in [-0.2, -0.15) is 4.98 Å². The molecular weight excluding hydrogens is 452 g/mol. The van der Waals surface area contributed by atoms with Gasteiger partial charge in [0, 0.05) is 27.0 Å². The van der Waals surface area contributed by atoms with E-state index in [9.17, 15) is 0 Å². The lowest BCUT2D eigenvalue weighted by Crippen LogP contribution is -2.18. The van der Waals surface area contributed by atoms with Crippen LogP contribution >= 0.6 is 27.7 Å². The summed E-state index contributed by atoms with van der Waals surface area (Å²) in [7, 11) is 0. The monoisotopic (exact) mass is 472 g/mol. The maximum atomic E-state index is 6.34. The second-order valence-corrected chi connectivity index (χ2v) is 8.32. The van der Waals surface area contributed by atoms with Gasteiger partial charge in [-0.05, 0) is 37.6 Å². The quantitative estimate of drug-likeness (QED) is 0.460. The highest BCUT2D eigenvalue weighted by atomic mass is 79.9. The van der Waals surface area contributed by atoms with Crippen LogP contribution in [0.25, 0.3) is 11.3 Å². The average Bonchev–Trinajstić information content (AvgIpc) is 2.90. The average molecular weight is 473 g/mol. The molecule has 2 aromatic carbocycles. The first-order chi connectivity index (χ1) is 14.2. The van der Waals surface area contributed by atoms with Crippen LogP contribution in [0.4, 0.5) is 5.69 Å². The van der Waals surface area contributed by atoms with Crippen LogP contribution in [0, 0.1) is 0 Å². The number of nitrogens with zero attached hydrogens (tertiary/aromatic N) is 3. The molecule has 0 amide bonds. The van der Waals surface area contributed by atoms with Gasteiger partial charge in [0.25, 0.3) is 0 Å². The number of nitrogens with one attached hydrogen (secondary N) is 1. The molecular formula is C21H21BrN4O2S. The molecule has 1 N–H and O–H groups in total. The van der Waals surface area contributed by atoms with Gasteiger partial charge in [-0.15, -0.1) is 10.2 Å². The summed E-state index contributed by atoms with van der Waals surface area (Å²) in [4.78, 5) is 4.65. The van der Waals surface area contributed by atoms with Gasteiger partial charge >= 0.3 is 0 Å². The van der Waals surface area contributed by atoms with E-state index in [0.717, 1.165) is 39.2 Å². The van der Waals surface area contributed by atoms with Crippen LogP contribution in [0.2, 0.25) is 0 Å². The van der Waals surface area contributed by atoms with Crippen molar-refractivity contribution in [2.24, 2.45) is 0 Å². The Morgan fingerprint density at radius 3 is 2.86 bits per heavy atom. The molecule has 0 saturated heterocycles. The molecule has 3 aromatic rings. The van der Waals surface area contributed by atoms with Crippen molar-refractivity contribution >= 4 is 33.4 Å². The molecule has 0 fully saturated rings. The number of fused-ring (bicyclic) bond motifs is 3. The summed E-state index contributed by atoms with van der Waals surface area (Å²) in [5, 5.41) is 12.8. The smallest absolute Gasteiger partial charge is 0.247 e. The highest BCUT2D eigenvalue weighted by Crippen LogP contribution is 2.41. The largest absolute Gasteiger partial charge is 0.494 e. The Hall–Kier alpha value is -2.32. The van der Waals surface area contributed by atoms with Crippen LogP contribution in [0.15, 0.2) is 52.1 Å². The lowest BCUT2D eigenvalue weighted by atomic mass is 10.1. The number of benzene rings is 2. The predicted octanol–water partition coefficient (Wildman–Crippen LogP) is 5.71. The molecule has 8 heteroatoms. The van der Waals surface area contributed by atoms with E-state index in [1.165, 1.54) is 0 Å². The summed E-state index contributed by atoms with van der Waals surface area (Å²) < 4.78 is 12.9. The number of anilines is 1. The molecule has 0 saturated carbocycles. The van der Waals surface area contributed by atoms with E-state index in [2.05, 4.69) is 43.4 Å². The zero-order valence-electron chi connectivity index (χ0n) is 16.2. The number of rotatable bonds is 6. The molecule has 1 atom stereocenters. The molecule has 0 unspecified atom stereocenters. The van der Waals surface area contributed by atoms with Gasteiger partial charge < -0.3 is 14.8 Å². The fourth-order valence-electron chi connectivity index (χ4n) is 3.02. The summed E-state index contributed by atoms with van der Waals surface area (Å²) in [5.41, 5.74) is 3.37. The van der Waals surface area contributed by atoms with Gasteiger partial charge in [-0.1, -0.05) is 52.8 Å². The molecule has 1 aliphatic heterocycles. The van der Waals surface area contributed by atoms with E-state index in [-0.39, 0.29) is 0 Å². The molecule has 6 nitrogen and oxygen atoms in total. The molecule has 1 aromatic heterocycles. The van der Waals surface area contributed by atoms with Gasteiger partial charge in [0.1, 0.15) is 5.75 Å². The zero-order valence-corrected chi connectivity index (χ0v) is 18.6. The first-order valence-electron chi connectivity index (χ1n) is 9.52. The number of halogens is 1. The van der Waals surface area contributed by atoms with Gasteiger partial charge in [0.2, 0.25) is 11.0 Å². The molecule has 4 rings (SSSR count). The maximum absolute atomic E-state index is 6.34. The lowest BCUT2D eigenvalue weighted by molar-refractivity contribution is 0.223. The Morgan fingerprint density at radius 2 is 2.03 bits per heavy atom. The second kappa shape index (κ2) is 9.00. The topological polar surface area (TPSA) is 69.2 Å². The predicted molar refractivity (Wildman–Crippen MR) is 119 cm³/mol. The van der Waals surface area contributed by atoms with Crippen molar-refractivity contribution in [2.45, 2.75) is 31.7 Å². The SMILES string of the molecule is CCCSc1nnc2c(n1)O[C@@H](c1cc(OCC)ccc1Br)Nc1ccccc1-2. The van der Waals surface area contributed by atoms with E-state index in [4.69, 9.17) is 9.47 Å². The second-order valence-electron chi connectivity index (χ2n) is 6.40.